The molecule has 0 radical (unpaired) electrons. The molecule has 2 N–H and O–H groups in total. The van der Waals surface area contributed by atoms with Crippen molar-refractivity contribution in [1.29, 1.82) is 0 Å². The van der Waals surface area contributed by atoms with Crippen LogP contribution >= 0.6 is 0 Å². The monoisotopic (exact) mass is 503 g/mol. The molecule has 36 heavy (non-hydrogen) atoms. The van der Waals surface area contributed by atoms with Crippen molar-refractivity contribution in [3.05, 3.63) is 54.9 Å². The second-order valence-corrected chi connectivity index (χ2v) is 11.4. The fourth-order valence-corrected chi connectivity index (χ4v) is 5.71. The van der Waals surface area contributed by atoms with E-state index in [-0.39, 0.29) is 11.3 Å². The van der Waals surface area contributed by atoms with Crippen molar-refractivity contribution < 1.29 is 8.42 Å². The summed E-state index contributed by atoms with van der Waals surface area (Å²) in [7, 11) is -3.44. The molecule has 1 saturated carbocycles. The molecule has 5 aromatic heterocycles. The lowest BCUT2D eigenvalue weighted by atomic mass is 10.1. The lowest BCUT2D eigenvalue weighted by Gasteiger charge is -2.10. The van der Waals surface area contributed by atoms with Crippen LogP contribution in [0.3, 0.4) is 0 Å². The SMILES string of the molecule is Cc1cn[nH]c1-c1cn(C(C)C)c2cc(Nc3ccnc(-c4cnn(S(=O)(=O)C5CC5)c4)n3)ncc12. The molecule has 0 aliphatic heterocycles. The molecule has 5 aromatic rings. The summed E-state index contributed by atoms with van der Waals surface area (Å²) in [4.78, 5) is 13.5. The Labute approximate surface area is 207 Å². The van der Waals surface area contributed by atoms with Gasteiger partial charge in [-0.25, -0.2) is 23.4 Å². The smallest absolute Gasteiger partial charge is 0.256 e. The fourth-order valence-electron chi connectivity index (χ4n) is 4.23. The first kappa shape index (κ1) is 22.4. The Hall–Kier alpha value is -4.06. The van der Waals surface area contributed by atoms with Crippen LogP contribution in [0.4, 0.5) is 11.6 Å². The Morgan fingerprint density at radius 2 is 1.94 bits per heavy atom. The molecular formula is C24H25N9O2S. The molecule has 0 unspecified atom stereocenters. The molecule has 0 amide bonds. The van der Waals surface area contributed by atoms with Crippen LogP contribution in [0.25, 0.3) is 33.5 Å². The van der Waals surface area contributed by atoms with Gasteiger partial charge in [-0.3, -0.25) is 5.10 Å². The fraction of sp³-hybridized carbons (Fsp3) is 0.292. The zero-order valence-electron chi connectivity index (χ0n) is 20.0. The van der Waals surface area contributed by atoms with Crippen LogP contribution in [-0.2, 0) is 10.0 Å². The van der Waals surface area contributed by atoms with Gasteiger partial charge >= 0.3 is 0 Å². The molecule has 1 aliphatic rings. The van der Waals surface area contributed by atoms with E-state index in [4.69, 9.17) is 0 Å². The van der Waals surface area contributed by atoms with Crippen molar-refractivity contribution in [2.24, 2.45) is 0 Å². The Kier molecular flexibility index (Phi) is 5.14. The van der Waals surface area contributed by atoms with Gasteiger partial charge in [-0.05, 0) is 45.2 Å². The first-order valence-corrected chi connectivity index (χ1v) is 13.2. The Morgan fingerprint density at radius 1 is 1.11 bits per heavy atom. The van der Waals surface area contributed by atoms with E-state index in [2.05, 4.69) is 60.2 Å². The number of rotatable bonds is 7. The molecule has 184 valence electrons. The molecule has 0 atom stereocenters. The number of hydrogen-bond acceptors (Lipinski definition) is 8. The summed E-state index contributed by atoms with van der Waals surface area (Å²) in [5, 5.41) is 15.2. The summed E-state index contributed by atoms with van der Waals surface area (Å²) in [5.74, 6) is 1.55. The summed E-state index contributed by atoms with van der Waals surface area (Å²) in [6, 6.07) is 3.97. The van der Waals surface area contributed by atoms with Crippen molar-refractivity contribution in [1.82, 2.24) is 38.9 Å². The van der Waals surface area contributed by atoms with E-state index < -0.39 is 10.0 Å². The maximum atomic E-state index is 12.5. The summed E-state index contributed by atoms with van der Waals surface area (Å²) in [6.07, 6.45) is 11.7. The van der Waals surface area contributed by atoms with E-state index in [1.165, 1.54) is 12.4 Å². The average Bonchev–Trinajstić information content (AvgIpc) is 3.28. The second-order valence-electron chi connectivity index (χ2n) is 9.29. The van der Waals surface area contributed by atoms with Gasteiger partial charge in [0.25, 0.3) is 10.0 Å². The van der Waals surface area contributed by atoms with Gasteiger partial charge in [0, 0.05) is 41.6 Å². The van der Waals surface area contributed by atoms with E-state index in [0.717, 1.165) is 31.8 Å². The molecule has 11 nitrogen and oxygen atoms in total. The maximum Gasteiger partial charge on any atom is 0.256 e. The lowest BCUT2D eigenvalue weighted by Crippen LogP contribution is -2.17. The number of nitrogens with one attached hydrogen (secondary N) is 2. The lowest BCUT2D eigenvalue weighted by molar-refractivity contribution is 0.578. The van der Waals surface area contributed by atoms with Crippen molar-refractivity contribution in [2.45, 2.75) is 44.9 Å². The van der Waals surface area contributed by atoms with Gasteiger partial charge in [0.1, 0.15) is 11.6 Å². The van der Waals surface area contributed by atoms with Crippen LogP contribution in [-0.4, -0.2) is 52.6 Å². The number of aromatic amines is 1. The van der Waals surface area contributed by atoms with E-state index in [9.17, 15) is 8.42 Å². The standard InChI is InChI=1S/C24H25N9O2S/c1-14(2)32-13-19(23-15(3)9-27-31-23)18-11-26-22(8-20(18)32)29-21-6-7-25-24(30-21)16-10-28-33(12-16)36(34,35)17-4-5-17/h6-14,17H,4-5H2,1-3H3,(H,27,31)(H,25,26,29,30). The first-order chi connectivity index (χ1) is 17.3. The van der Waals surface area contributed by atoms with Gasteiger partial charge in [-0.1, -0.05) is 0 Å². The normalized spacial score (nSPS) is 14.1. The minimum atomic E-state index is -3.44. The highest BCUT2D eigenvalue weighted by atomic mass is 32.2. The number of aromatic nitrogens is 8. The van der Waals surface area contributed by atoms with Crippen molar-refractivity contribution >= 4 is 32.6 Å². The molecule has 5 heterocycles. The third kappa shape index (κ3) is 3.83. The quantitative estimate of drug-likeness (QED) is 0.339. The third-order valence-electron chi connectivity index (χ3n) is 6.31. The zero-order valence-corrected chi connectivity index (χ0v) is 20.9. The number of aryl methyl sites for hydroxylation is 1. The predicted molar refractivity (Wildman–Crippen MR) is 136 cm³/mol. The van der Waals surface area contributed by atoms with Crippen LogP contribution in [0, 0.1) is 6.92 Å². The largest absolute Gasteiger partial charge is 0.344 e. The number of anilines is 2. The number of nitrogens with zero attached hydrogens (tertiary/aromatic N) is 7. The number of pyridine rings is 1. The zero-order chi connectivity index (χ0) is 25.0. The number of fused-ring (bicyclic) bond motifs is 1. The van der Waals surface area contributed by atoms with Gasteiger partial charge in [0.2, 0.25) is 0 Å². The van der Waals surface area contributed by atoms with Crippen LogP contribution in [0.15, 0.2) is 49.3 Å². The minimum absolute atomic E-state index is 0.244. The first-order valence-electron chi connectivity index (χ1n) is 11.7. The summed E-state index contributed by atoms with van der Waals surface area (Å²) in [5.41, 5.74) is 4.66. The second kappa shape index (κ2) is 8.26. The number of H-pyrrole nitrogens is 1. The van der Waals surface area contributed by atoms with Crippen LogP contribution in [0.5, 0.6) is 0 Å². The number of hydrogen-bond donors (Lipinski definition) is 2. The molecule has 0 saturated heterocycles. The molecule has 0 aromatic carbocycles. The van der Waals surface area contributed by atoms with E-state index in [1.807, 2.05) is 25.4 Å². The van der Waals surface area contributed by atoms with Crippen LogP contribution < -0.4 is 5.32 Å². The Balaban J connectivity index is 1.32. The molecule has 1 aliphatic carbocycles. The van der Waals surface area contributed by atoms with E-state index in [0.29, 0.717) is 35.9 Å². The van der Waals surface area contributed by atoms with Gasteiger partial charge in [-0.2, -0.15) is 14.3 Å². The van der Waals surface area contributed by atoms with Gasteiger partial charge in [0.05, 0.1) is 40.6 Å². The highest BCUT2D eigenvalue weighted by molar-refractivity contribution is 7.90. The summed E-state index contributed by atoms with van der Waals surface area (Å²) in [6.45, 7) is 6.30. The van der Waals surface area contributed by atoms with Gasteiger partial charge in [0.15, 0.2) is 5.82 Å². The third-order valence-corrected chi connectivity index (χ3v) is 8.34. The maximum absolute atomic E-state index is 12.5. The molecule has 6 rings (SSSR count). The van der Waals surface area contributed by atoms with Crippen LogP contribution in [0.1, 0.15) is 38.3 Å². The predicted octanol–water partition coefficient (Wildman–Crippen LogP) is 4.05. The van der Waals surface area contributed by atoms with Gasteiger partial charge in [-0.15, -0.1) is 0 Å². The van der Waals surface area contributed by atoms with Crippen molar-refractivity contribution in [3.63, 3.8) is 0 Å². The highest BCUT2D eigenvalue weighted by Gasteiger charge is 2.37. The molecule has 0 spiro atoms. The van der Waals surface area contributed by atoms with E-state index >= 15 is 0 Å². The van der Waals surface area contributed by atoms with Crippen molar-refractivity contribution in [3.8, 4) is 22.6 Å². The Morgan fingerprint density at radius 3 is 2.67 bits per heavy atom. The van der Waals surface area contributed by atoms with Gasteiger partial charge < -0.3 is 9.88 Å². The van der Waals surface area contributed by atoms with E-state index in [1.54, 1.807) is 12.3 Å². The highest BCUT2D eigenvalue weighted by Crippen LogP contribution is 2.34. The molecule has 0 bridgehead atoms. The molecular weight excluding hydrogens is 478 g/mol. The summed E-state index contributed by atoms with van der Waals surface area (Å²) < 4.78 is 28.1. The summed E-state index contributed by atoms with van der Waals surface area (Å²) >= 11 is 0. The average molecular weight is 504 g/mol. The Bertz CT molecular complexity index is 1690. The van der Waals surface area contributed by atoms with Crippen molar-refractivity contribution in [2.75, 3.05) is 5.32 Å². The minimum Gasteiger partial charge on any atom is -0.344 e. The molecule has 1 fully saturated rings. The molecule has 12 heteroatoms. The van der Waals surface area contributed by atoms with Crippen LogP contribution in [0.2, 0.25) is 0 Å². The topological polar surface area (TPSA) is 136 Å².